The number of hydrogen-bond acceptors (Lipinski definition) is 2. The first-order valence-corrected chi connectivity index (χ1v) is 5.72. The highest BCUT2D eigenvalue weighted by Crippen LogP contribution is 2.23. The first-order chi connectivity index (χ1) is 8.67. The van der Waals surface area contributed by atoms with Crippen molar-refractivity contribution in [3.8, 4) is 0 Å². The fraction of sp³-hybridized carbons (Fsp3) is 0.0625. The van der Waals surface area contributed by atoms with Crippen molar-refractivity contribution in [2.45, 2.75) is 6.92 Å². The third-order valence-corrected chi connectivity index (χ3v) is 2.87. The summed E-state index contributed by atoms with van der Waals surface area (Å²) in [6, 6.07) is 9.87. The van der Waals surface area contributed by atoms with Gasteiger partial charge >= 0.3 is 0 Å². The predicted octanol–water partition coefficient (Wildman–Crippen LogP) is 4.18. The van der Waals surface area contributed by atoms with Crippen LogP contribution in [0.3, 0.4) is 0 Å². The summed E-state index contributed by atoms with van der Waals surface area (Å²) in [5.41, 5.74) is 3.33. The van der Waals surface area contributed by atoms with Gasteiger partial charge in [0.05, 0.1) is 11.2 Å². The van der Waals surface area contributed by atoms with Gasteiger partial charge in [0.15, 0.2) is 0 Å². The van der Waals surface area contributed by atoms with Gasteiger partial charge in [-0.15, -0.1) is 0 Å². The van der Waals surface area contributed by atoms with Crippen LogP contribution in [-0.4, -0.2) is 10.1 Å². The lowest BCUT2D eigenvalue weighted by Crippen LogP contribution is -1.93. The normalized spacial score (nSPS) is 12.1. The molecule has 18 heavy (non-hydrogen) atoms. The summed E-state index contributed by atoms with van der Waals surface area (Å²) in [4.78, 5) is 4.54. The second-order valence-corrected chi connectivity index (χ2v) is 4.05. The smallest absolute Gasteiger partial charge is 0.124 e. The largest absolute Gasteiger partial charge is 0.507 e. The molecular weight excluding hydrogens is 222 g/mol. The number of para-hydroxylation sites is 1. The van der Waals surface area contributed by atoms with Crippen LogP contribution in [0, 0.1) is 6.92 Å². The van der Waals surface area contributed by atoms with E-state index in [1.165, 1.54) is 6.08 Å². The van der Waals surface area contributed by atoms with Gasteiger partial charge in [-0.1, -0.05) is 37.4 Å². The Balaban J connectivity index is 2.73. The summed E-state index contributed by atoms with van der Waals surface area (Å²) in [7, 11) is 0. The monoisotopic (exact) mass is 237 g/mol. The SMILES string of the molecule is C=C/C(O)=C(\C=C)c1cc(C)c2ccccc2n1. The molecule has 2 nitrogen and oxygen atoms in total. The zero-order chi connectivity index (χ0) is 13.1. The van der Waals surface area contributed by atoms with Crippen LogP contribution in [0.2, 0.25) is 0 Å². The number of hydrogen-bond donors (Lipinski definition) is 1. The summed E-state index contributed by atoms with van der Waals surface area (Å²) < 4.78 is 0. The van der Waals surface area contributed by atoms with E-state index in [2.05, 4.69) is 18.1 Å². The van der Waals surface area contributed by atoms with E-state index < -0.39 is 0 Å². The second-order valence-electron chi connectivity index (χ2n) is 4.05. The second kappa shape index (κ2) is 4.88. The summed E-state index contributed by atoms with van der Waals surface area (Å²) in [5.74, 6) is 0.0900. The van der Waals surface area contributed by atoms with Gasteiger partial charge < -0.3 is 5.11 Å². The molecule has 0 aliphatic heterocycles. The molecule has 0 radical (unpaired) electrons. The van der Waals surface area contributed by atoms with Crippen LogP contribution < -0.4 is 0 Å². The van der Waals surface area contributed by atoms with Crippen LogP contribution in [0.4, 0.5) is 0 Å². The van der Waals surface area contributed by atoms with E-state index in [9.17, 15) is 5.11 Å². The summed E-state index contributed by atoms with van der Waals surface area (Å²) >= 11 is 0. The molecule has 0 aliphatic rings. The van der Waals surface area contributed by atoms with E-state index in [0.717, 1.165) is 16.5 Å². The van der Waals surface area contributed by atoms with E-state index in [4.69, 9.17) is 0 Å². The van der Waals surface area contributed by atoms with Crippen LogP contribution in [0.25, 0.3) is 16.5 Å². The Hall–Kier alpha value is -2.35. The maximum Gasteiger partial charge on any atom is 0.124 e. The van der Waals surface area contributed by atoms with Gasteiger partial charge in [0.1, 0.15) is 5.76 Å². The Morgan fingerprint density at radius 1 is 1.22 bits per heavy atom. The number of rotatable bonds is 3. The van der Waals surface area contributed by atoms with Crippen molar-refractivity contribution in [3.63, 3.8) is 0 Å². The summed E-state index contributed by atoms with van der Waals surface area (Å²) in [6.07, 6.45) is 2.98. The molecule has 0 aliphatic carbocycles. The van der Waals surface area contributed by atoms with E-state index in [1.807, 2.05) is 37.3 Å². The first-order valence-electron chi connectivity index (χ1n) is 5.72. The minimum atomic E-state index is 0.0900. The zero-order valence-electron chi connectivity index (χ0n) is 10.4. The molecule has 0 unspecified atom stereocenters. The number of aliphatic hydroxyl groups is 1. The van der Waals surface area contributed by atoms with Crippen molar-refractivity contribution in [1.82, 2.24) is 4.98 Å². The highest BCUT2D eigenvalue weighted by atomic mass is 16.3. The van der Waals surface area contributed by atoms with Crippen LogP contribution in [0.15, 0.2) is 61.4 Å². The van der Waals surface area contributed by atoms with Gasteiger partial charge in [0.25, 0.3) is 0 Å². The number of fused-ring (bicyclic) bond motifs is 1. The van der Waals surface area contributed by atoms with E-state index in [0.29, 0.717) is 11.3 Å². The number of aromatic nitrogens is 1. The van der Waals surface area contributed by atoms with Gasteiger partial charge in [0.2, 0.25) is 0 Å². The number of nitrogens with zero attached hydrogens (tertiary/aromatic N) is 1. The molecule has 90 valence electrons. The minimum absolute atomic E-state index is 0.0900. The molecule has 2 rings (SSSR count). The summed E-state index contributed by atoms with van der Waals surface area (Å²) in [5, 5.41) is 10.9. The lowest BCUT2D eigenvalue weighted by molar-refractivity contribution is 0.436. The Morgan fingerprint density at radius 2 is 1.94 bits per heavy atom. The number of allylic oxidation sites excluding steroid dienone is 3. The van der Waals surface area contributed by atoms with Crippen LogP contribution >= 0.6 is 0 Å². The fourth-order valence-electron chi connectivity index (χ4n) is 1.94. The quantitative estimate of drug-likeness (QED) is 0.641. The highest BCUT2D eigenvalue weighted by molar-refractivity contribution is 5.86. The average molecular weight is 237 g/mol. The molecule has 0 spiro atoms. The van der Waals surface area contributed by atoms with E-state index in [1.54, 1.807) is 6.08 Å². The fourth-order valence-corrected chi connectivity index (χ4v) is 1.94. The Bertz CT molecular complexity index is 653. The van der Waals surface area contributed by atoms with Crippen LogP contribution in [0.1, 0.15) is 11.3 Å². The standard InChI is InChI=1S/C16H15NO/c1-4-12(16(18)5-2)15-10-11(3)13-8-6-7-9-14(13)17-15/h4-10,18H,1-2H2,3H3/b16-12-. The van der Waals surface area contributed by atoms with Gasteiger partial charge in [0, 0.05) is 11.0 Å². The molecule has 0 amide bonds. The van der Waals surface area contributed by atoms with Crippen molar-refractivity contribution in [2.75, 3.05) is 0 Å². The zero-order valence-corrected chi connectivity index (χ0v) is 10.4. The van der Waals surface area contributed by atoms with Crippen molar-refractivity contribution in [2.24, 2.45) is 0 Å². The van der Waals surface area contributed by atoms with Gasteiger partial charge in [-0.3, -0.25) is 0 Å². The van der Waals surface area contributed by atoms with Crippen molar-refractivity contribution >= 4 is 16.5 Å². The maximum absolute atomic E-state index is 9.78. The Labute approximate surface area is 107 Å². The average Bonchev–Trinajstić information content (AvgIpc) is 2.39. The Kier molecular flexibility index (Phi) is 3.28. The minimum Gasteiger partial charge on any atom is -0.507 e. The molecule has 0 fully saturated rings. The lowest BCUT2D eigenvalue weighted by Gasteiger charge is -2.08. The molecule has 0 bridgehead atoms. The number of aryl methyl sites for hydroxylation is 1. The third kappa shape index (κ3) is 2.05. The Morgan fingerprint density at radius 3 is 2.61 bits per heavy atom. The molecule has 0 saturated heterocycles. The molecule has 0 atom stereocenters. The molecule has 2 aromatic rings. The molecule has 1 heterocycles. The lowest BCUT2D eigenvalue weighted by atomic mass is 10.0. The van der Waals surface area contributed by atoms with Gasteiger partial charge in [-0.05, 0) is 30.7 Å². The third-order valence-electron chi connectivity index (χ3n) is 2.87. The number of pyridine rings is 1. The van der Waals surface area contributed by atoms with Crippen molar-refractivity contribution < 1.29 is 5.11 Å². The maximum atomic E-state index is 9.78. The van der Waals surface area contributed by atoms with E-state index >= 15 is 0 Å². The predicted molar refractivity (Wildman–Crippen MR) is 76.4 cm³/mol. The number of benzene rings is 1. The van der Waals surface area contributed by atoms with Gasteiger partial charge in [-0.25, -0.2) is 4.98 Å². The van der Waals surface area contributed by atoms with Crippen LogP contribution in [0.5, 0.6) is 0 Å². The molecule has 2 heteroatoms. The van der Waals surface area contributed by atoms with Crippen LogP contribution in [-0.2, 0) is 0 Å². The van der Waals surface area contributed by atoms with E-state index in [-0.39, 0.29) is 5.76 Å². The highest BCUT2D eigenvalue weighted by Gasteiger charge is 2.07. The molecule has 1 N–H and O–H groups in total. The van der Waals surface area contributed by atoms with Gasteiger partial charge in [-0.2, -0.15) is 0 Å². The van der Waals surface area contributed by atoms with Crippen molar-refractivity contribution in [3.05, 3.63) is 72.7 Å². The summed E-state index contributed by atoms with van der Waals surface area (Å²) in [6.45, 7) is 9.29. The first kappa shape index (κ1) is 12.1. The number of aliphatic hydroxyl groups excluding tert-OH is 1. The molecular formula is C16H15NO. The molecule has 0 saturated carbocycles. The molecule has 1 aromatic carbocycles. The molecule has 1 aromatic heterocycles. The van der Waals surface area contributed by atoms with Crippen molar-refractivity contribution in [1.29, 1.82) is 0 Å². The topological polar surface area (TPSA) is 33.1 Å².